The molecule has 3 atom stereocenters. The highest BCUT2D eigenvalue weighted by molar-refractivity contribution is 6.05. The van der Waals surface area contributed by atoms with Gasteiger partial charge in [-0.2, -0.15) is 0 Å². The van der Waals surface area contributed by atoms with Crippen LogP contribution >= 0.6 is 0 Å². The molecular formula is C14H22N2O2. The summed E-state index contributed by atoms with van der Waals surface area (Å²) in [5, 5.41) is 3.46. The molecule has 3 fully saturated rings. The number of rotatable bonds is 4. The van der Waals surface area contributed by atoms with Gasteiger partial charge in [0, 0.05) is 12.6 Å². The van der Waals surface area contributed by atoms with Gasteiger partial charge in [-0.1, -0.05) is 6.42 Å². The lowest BCUT2D eigenvalue weighted by Gasteiger charge is -2.17. The molecule has 18 heavy (non-hydrogen) atoms. The van der Waals surface area contributed by atoms with Crippen molar-refractivity contribution in [2.24, 2.45) is 11.8 Å². The zero-order chi connectivity index (χ0) is 12.5. The van der Waals surface area contributed by atoms with Crippen LogP contribution in [0.3, 0.4) is 0 Å². The molecular weight excluding hydrogens is 228 g/mol. The summed E-state index contributed by atoms with van der Waals surface area (Å²) in [5.41, 5.74) is 0. The van der Waals surface area contributed by atoms with Gasteiger partial charge in [0.1, 0.15) is 0 Å². The van der Waals surface area contributed by atoms with Crippen LogP contribution in [0, 0.1) is 11.8 Å². The monoisotopic (exact) mass is 250 g/mol. The molecule has 1 saturated carbocycles. The van der Waals surface area contributed by atoms with Crippen LogP contribution in [0.5, 0.6) is 0 Å². The Labute approximate surface area is 108 Å². The van der Waals surface area contributed by atoms with Crippen molar-refractivity contribution < 1.29 is 9.59 Å². The second kappa shape index (κ2) is 5.00. The zero-order valence-corrected chi connectivity index (χ0v) is 10.9. The van der Waals surface area contributed by atoms with Crippen molar-refractivity contribution in [3.8, 4) is 0 Å². The summed E-state index contributed by atoms with van der Waals surface area (Å²) in [5.74, 6) is 0.285. The molecule has 2 saturated heterocycles. The number of fused-ring (bicyclic) bond motifs is 1. The molecule has 4 nitrogen and oxygen atoms in total. The van der Waals surface area contributed by atoms with Crippen LogP contribution < -0.4 is 5.32 Å². The molecule has 3 rings (SSSR count). The molecule has 0 aromatic carbocycles. The van der Waals surface area contributed by atoms with Gasteiger partial charge in [-0.15, -0.1) is 0 Å². The van der Waals surface area contributed by atoms with Gasteiger partial charge in [0.15, 0.2) is 0 Å². The lowest BCUT2D eigenvalue weighted by Crippen LogP contribution is -2.33. The molecule has 2 heterocycles. The fourth-order valence-electron chi connectivity index (χ4n) is 3.78. The van der Waals surface area contributed by atoms with Gasteiger partial charge < -0.3 is 5.32 Å². The molecule has 4 heteroatoms. The number of carbonyl (C=O) groups excluding carboxylic acids is 2. The van der Waals surface area contributed by atoms with Crippen molar-refractivity contribution in [1.82, 2.24) is 10.2 Å². The predicted molar refractivity (Wildman–Crippen MR) is 67.8 cm³/mol. The van der Waals surface area contributed by atoms with E-state index in [0.717, 1.165) is 38.6 Å². The molecule has 0 radical (unpaired) electrons. The fraction of sp³-hybridized carbons (Fsp3) is 0.857. The van der Waals surface area contributed by atoms with E-state index in [1.165, 1.54) is 12.8 Å². The van der Waals surface area contributed by atoms with E-state index in [1.807, 2.05) is 0 Å². The van der Waals surface area contributed by atoms with E-state index in [4.69, 9.17) is 0 Å². The van der Waals surface area contributed by atoms with Crippen LogP contribution in [0.2, 0.25) is 0 Å². The summed E-state index contributed by atoms with van der Waals surface area (Å²) in [4.78, 5) is 25.8. The average Bonchev–Trinajstić information content (AvgIpc) is 3.06. The standard InChI is InChI=1S/C14H22N2O2/c17-13-11-6-1-7-12(11)14(18)16(13)9-3-5-10-4-2-8-15-10/h10-12,15H,1-9H2. The number of nitrogens with one attached hydrogen (secondary N) is 1. The smallest absolute Gasteiger partial charge is 0.233 e. The van der Waals surface area contributed by atoms with E-state index >= 15 is 0 Å². The average molecular weight is 250 g/mol. The Bertz CT molecular complexity index is 328. The topological polar surface area (TPSA) is 49.4 Å². The van der Waals surface area contributed by atoms with E-state index in [1.54, 1.807) is 4.90 Å². The first-order valence-electron chi connectivity index (χ1n) is 7.36. The molecule has 3 unspecified atom stereocenters. The minimum atomic E-state index is 0.0297. The van der Waals surface area contributed by atoms with Crippen LogP contribution in [0.15, 0.2) is 0 Å². The lowest BCUT2D eigenvalue weighted by atomic mass is 10.00. The van der Waals surface area contributed by atoms with Crippen molar-refractivity contribution >= 4 is 11.8 Å². The van der Waals surface area contributed by atoms with Gasteiger partial charge >= 0.3 is 0 Å². The number of hydrogen-bond acceptors (Lipinski definition) is 3. The molecule has 1 N–H and O–H groups in total. The van der Waals surface area contributed by atoms with Crippen molar-refractivity contribution in [2.45, 2.75) is 51.0 Å². The van der Waals surface area contributed by atoms with Crippen LogP contribution in [0.4, 0.5) is 0 Å². The fourth-order valence-corrected chi connectivity index (χ4v) is 3.78. The first-order valence-corrected chi connectivity index (χ1v) is 7.36. The number of amides is 2. The summed E-state index contributed by atoms with van der Waals surface area (Å²) in [7, 11) is 0. The van der Waals surface area contributed by atoms with Crippen LogP contribution in [-0.2, 0) is 9.59 Å². The largest absolute Gasteiger partial charge is 0.314 e. The highest BCUT2D eigenvalue weighted by atomic mass is 16.2. The van der Waals surface area contributed by atoms with Crippen molar-refractivity contribution in [2.75, 3.05) is 13.1 Å². The third-order valence-corrected chi connectivity index (χ3v) is 4.78. The molecule has 2 aliphatic heterocycles. The summed E-state index contributed by atoms with van der Waals surface area (Å²) in [6, 6.07) is 0.609. The zero-order valence-electron chi connectivity index (χ0n) is 10.9. The maximum atomic E-state index is 12.1. The highest BCUT2D eigenvalue weighted by Crippen LogP contribution is 2.39. The van der Waals surface area contributed by atoms with E-state index in [-0.39, 0.29) is 23.7 Å². The number of hydrogen-bond donors (Lipinski definition) is 1. The summed E-state index contributed by atoms with van der Waals surface area (Å²) >= 11 is 0. The minimum absolute atomic E-state index is 0.0297. The first kappa shape index (κ1) is 12.2. The number of imide groups is 1. The Morgan fingerprint density at radius 2 is 1.78 bits per heavy atom. The Kier molecular flexibility index (Phi) is 3.37. The first-order chi connectivity index (χ1) is 8.77. The molecule has 0 aromatic rings. The van der Waals surface area contributed by atoms with Gasteiger partial charge in [-0.3, -0.25) is 14.5 Å². The summed E-state index contributed by atoms with van der Waals surface area (Å²) < 4.78 is 0. The second-order valence-corrected chi connectivity index (χ2v) is 5.91. The van der Waals surface area contributed by atoms with Gasteiger partial charge in [0.2, 0.25) is 11.8 Å². The number of nitrogens with zero attached hydrogens (tertiary/aromatic N) is 1. The van der Waals surface area contributed by atoms with E-state index in [2.05, 4.69) is 5.32 Å². The molecule has 2 amide bonds. The minimum Gasteiger partial charge on any atom is -0.314 e. The van der Waals surface area contributed by atoms with Gasteiger partial charge in [0.05, 0.1) is 11.8 Å². The third kappa shape index (κ3) is 2.07. The summed E-state index contributed by atoms with van der Waals surface area (Å²) in [6.07, 6.45) is 7.45. The normalized spacial score (nSPS) is 35.6. The molecule has 3 aliphatic rings. The molecule has 0 spiro atoms. The van der Waals surface area contributed by atoms with Crippen molar-refractivity contribution in [3.63, 3.8) is 0 Å². The van der Waals surface area contributed by atoms with Crippen molar-refractivity contribution in [1.29, 1.82) is 0 Å². The van der Waals surface area contributed by atoms with Crippen LogP contribution in [0.1, 0.15) is 44.9 Å². The SMILES string of the molecule is O=C1C2CCCC2C(=O)N1CCCC1CCCN1. The number of likely N-dealkylation sites (tertiary alicyclic amines) is 1. The third-order valence-electron chi connectivity index (χ3n) is 4.78. The van der Waals surface area contributed by atoms with Crippen LogP contribution in [-0.4, -0.2) is 35.8 Å². The van der Waals surface area contributed by atoms with E-state index in [0.29, 0.717) is 12.6 Å². The Morgan fingerprint density at radius 3 is 2.39 bits per heavy atom. The van der Waals surface area contributed by atoms with Crippen molar-refractivity contribution in [3.05, 3.63) is 0 Å². The Morgan fingerprint density at radius 1 is 1.06 bits per heavy atom. The lowest BCUT2D eigenvalue weighted by molar-refractivity contribution is -0.140. The second-order valence-electron chi connectivity index (χ2n) is 5.91. The van der Waals surface area contributed by atoms with E-state index < -0.39 is 0 Å². The van der Waals surface area contributed by atoms with Gasteiger partial charge in [-0.05, 0) is 45.1 Å². The van der Waals surface area contributed by atoms with E-state index in [9.17, 15) is 9.59 Å². The molecule has 1 aliphatic carbocycles. The van der Waals surface area contributed by atoms with Gasteiger partial charge in [-0.25, -0.2) is 0 Å². The highest BCUT2D eigenvalue weighted by Gasteiger charge is 2.49. The predicted octanol–water partition coefficient (Wildman–Crippen LogP) is 1.30. The number of carbonyl (C=O) groups is 2. The Hall–Kier alpha value is -0.900. The molecule has 0 bridgehead atoms. The quantitative estimate of drug-likeness (QED) is 0.765. The maximum absolute atomic E-state index is 12.1. The van der Waals surface area contributed by atoms with Gasteiger partial charge in [0.25, 0.3) is 0 Å². The maximum Gasteiger partial charge on any atom is 0.233 e. The van der Waals surface area contributed by atoms with Crippen LogP contribution in [0.25, 0.3) is 0 Å². The molecule has 0 aromatic heterocycles. The Balaban J connectivity index is 1.50. The summed E-state index contributed by atoms with van der Waals surface area (Å²) in [6.45, 7) is 1.76. The molecule has 100 valence electrons.